The number of pyridine rings is 1. The fourth-order valence-electron chi connectivity index (χ4n) is 0.702. The molecule has 0 saturated heterocycles. The first-order valence-corrected chi connectivity index (χ1v) is 4.92. The van der Waals surface area contributed by atoms with Gasteiger partial charge in [0.2, 0.25) is 0 Å². The molecule has 1 rings (SSSR count). The number of nitro groups is 1. The van der Waals surface area contributed by atoms with Crippen molar-refractivity contribution < 1.29 is 4.92 Å². The molecule has 1 aromatic rings. The molecule has 0 aliphatic heterocycles. The average Bonchev–Trinajstić information content (AvgIpc) is 2.04. The molecular weight excluding hydrogens is 292 g/mol. The van der Waals surface area contributed by atoms with Gasteiger partial charge in [-0.05, 0) is 37.5 Å². The summed E-state index contributed by atoms with van der Waals surface area (Å²) in [6, 6.07) is 1.71. The molecule has 0 unspecified atom stereocenters. The fraction of sp³-hybridized carbons (Fsp3) is 0.167. The van der Waals surface area contributed by atoms with Crippen molar-refractivity contribution in [1.82, 2.24) is 4.98 Å². The first-order valence-electron chi connectivity index (χ1n) is 3.00. The third-order valence-electron chi connectivity index (χ3n) is 1.27. The Labute approximate surface area is 85.4 Å². The molecule has 0 atom stereocenters. The van der Waals surface area contributed by atoms with E-state index in [1.54, 1.807) is 6.07 Å². The summed E-state index contributed by atoms with van der Waals surface area (Å²) < 4.78 is 0.437. The fourth-order valence-corrected chi connectivity index (χ4v) is 2.06. The molecule has 1 aromatic heterocycles. The van der Waals surface area contributed by atoms with E-state index in [-0.39, 0.29) is 5.82 Å². The number of alkyl halides is 1. The molecule has 0 bridgehead atoms. The van der Waals surface area contributed by atoms with E-state index in [1.807, 2.05) is 0 Å². The second-order valence-electron chi connectivity index (χ2n) is 2.00. The molecule has 4 nitrogen and oxygen atoms in total. The summed E-state index contributed by atoms with van der Waals surface area (Å²) in [5.74, 6) is -0.146. The number of aromatic nitrogens is 1. The maximum atomic E-state index is 10.4. The highest BCUT2D eigenvalue weighted by Crippen LogP contribution is 2.26. The lowest BCUT2D eigenvalue weighted by atomic mass is 10.3. The minimum Gasteiger partial charge on any atom is -0.358 e. The van der Waals surface area contributed by atoms with Gasteiger partial charge in [-0.2, -0.15) is 0 Å². The van der Waals surface area contributed by atoms with Gasteiger partial charge in [0, 0.05) is 5.33 Å². The zero-order valence-electron chi connectivity index (χ0n) is 5.83. The maximum absolute atomic E-state index is 10.4. The van der Waals surface area contributed by atoms with Gasteiger partial charge in [0.15, 0.2) is 0 Å². The summed E-state index contributed by atoms with van der Waals surface area (Å²) in [7, 11) is 0. The standard InChI is InChI=1S/C6H4Br2N2O2/c7-3-4-1-2-9-6(5(4)8)10(11)12/h1-2H,3H2. The van der Waals surface area contributed by atoms with E-state index in [1.165, 1.54) is 6.20 Å². The molecule has 0 saturated carbocycles. The van der Waals surface area contributed by atoms with Crippen LogP contribution in [0.2, 0.25) is 0 Å². The molecule has 0 aliphatic rings. The van der Waals surface area contributed by atoms with Crippen LogP contribution >= 0.6 is 31.9 Å². The molecular formula is C6H4Br2N2O2. The Bertz CT molecular complexity index is 316. The largest absolute Gasteiger partial charge is 0.378 e. The number of hydrogen-bond acceptors (Lipinski definition) is 3. The van der Waals surface area contributed by atoms with E-state index in [0.717, 1.165) is 5.56 Å². The molecule has 64 valence electrons. The van der Waals surface area contributed by atoms with Gasteiger partial charge < -0.3 is 10.1 Å². The first-order chi connectivity index (χ1) is 5.66. The highest BCUT2D eigenvalue weighted by atomic mass is 79.9. The van der Waals surface area contributed by atoms with Gasteiger partial charge in [-0.15, -0.1) is 0 Å². The summed E-state index contributed by atoms with van der Waals surface area (Å²) in [5, 5.41) is 11.0. The summed E-state index contributed by atoms with van der Waals surface area (Å²) in [4.78, 5) is 13.5. The SMILES string of the molecule is O=[N+]([O-])c1nccc(CBr)c1Br. The van der Waals surface area contributed by atoms with E-state index in [2.05, 4.69) is 36.8 Å². The van der Waals surface area contributed by atoms with E-state index >= 15 is 0 Å². The molecule has 0 spiro atoms. The zero-order chi connectivity index (χ0) is 9.14. The number of nitrogens with zero attached hydrogens (tertiary/aromatic N) is 2. The van der Waals surface area contributed by atoms with Crippen LogP contribution in [0.4, 0.5) is 5.82 Å². The summed E-state index contributed by atoms with van der Waals surface area (Å²) in [5.41, 5.74) is 0.816. The van der Waals surface area contributed by atoms with E-state index in [0.29, 0.717) is 9.80 Å². The maximum Gasteiger partial charge on any atom is 0.378 e. The van der Waals surface area contributed by atoms with Crippen LogP contribution in [0.15, 0.2) is 16.7 Å². The van der Waals surface area contributed by atoms with Gasteiger partial charge in [-0.25, -0.2) is 0 Å². The van der Waals surface area contributed by atoms with Crippen LogP contribution in [0, 0.1) is 10.1 Å². The molecule has 0 aliphatic carbocycles. The van der Waals surface area contributed by atoms with Crippen molar-refractivity contribution >= 4 is 37.7 Å². The summed E-state index contributed by atoms with van der Waals surface area (Å²) in [6.07, 6.45) is 1.42. The molecule has 1 heterocycles. The molecule has 0 radical (unpaired) electrons. The highest BCUT2D eigenvalue weighted by Gasteiger charge is 2.15. The second kappa shape index (κ2) is 3.95. The molecule has 6 heteroatoms. The monoisotopic (exact) mass is 294 g/mol. The zero-order valence-corrected chi connectivity index (χ0v) is 9.00. The van der Waals surface area contributed by atoms with Crippen LogP contribution in [-0.4, -0.2) is 9.91 Å². The molecule has 12 heavy (non-hydrogen) atoms. The van der Waals surface area contributed by atoms with Crippen molar-refractivity contribution in [2.45, 2.75) is 5.33 Å². The van der Waals surface area contributed by atoms with Crippen LogP contribution in [0.25, 0.3) is 0 Å². The Morgan fingerprint density at radius 2 is 2.33 bits per heavy atom. The number of halogens is 2. The number of hydrogen-bond donors (Lipinski definition) is 0. The van der Waals surface area contributed by atoms with E-state index < -0.39 is 4.92 Å². The average molecular weight is 296 g/mol. The normalized spacial score (nSPS) is 9.83. The van der Waals surface area contributed by atoms with Gasteiger partial charge in [0.25, 0.3) is 0 Å². The van der Waals surface area contributed by atoms with Gasteiger partial charge in [0.05, 0.1) is 0 Å². The Morgan fingerprint density at radius 1 is 1.67 bits per heavy atom. The van der Waals surface area contributed by atoms with Gasteiger partial charge >= 0.3 is 5.82 Å². The summed E-state index contributed by atoms with van der Waals surface area (Å²) in [6.45, 7) is 0. The highest BCUT2D eigenvalue weighted by molar-refractivity contribution is 9.11. The molecule has 0 fully saturated rings. The van der Waals surface area contributed by atoms with Crippen molar-refractivity contribution in [1.29, 1.82) is 0 Å². The van der Waals surface area contributed by atoms with Crippen LogP contribution < -0.4 is 0 Å². The Hall–Kier alpha value is -0.490. The lowest BCUT2D eigenvalue weighted by Gasteiger charge is -1.98. The lowest BCUT2D eigenvalue weighted by molar-refractivity contribution is -0.390. The molecule has 0 N–H and O–H groups in total. The van der Waals surface area contributed by atoms with Crippen LogP contribution in [-0.2, 0) is 5.33 Å². The van der Waals surface area contributed by atoms with Crippen molar-refractivity contribution in [3.05, 3.63) is 32.4 Å². The third-order valence-corrected chi connectivity index (χ3v) is 2.74. The topological polar surface area (TPSA) is 56.0 Å². The third kappa shape index (κ3) is 1.81. The van der Waals surface area contributed by atoms with Gasteiger partial charge in [-0.3, -0.25) is 0 Å². The summed E-state index contributed by atoms with van der Waals surface area (Å²) >= 11 is 6.32. The van der Waals surface area contributed by atoms with Crippen LogP contribution in [0.3, 0.4) is 0 Å². The van der Waals surface area contributed by atoms with Crippen molar-refractivity contribution in [2.24, 2.45) is 0 Å². The predicted octanol–water partition coefficient (Wildman–Crippen LogP) is 2.65. The Morgan fingerprint density at radius 3 is 2.83 bits per heavy atom. The second-order valence-corrected chi connectivity index (χ2v) is 3.35. The van der Waals surface area contributed by atoms with Crippen molar-refractivity contribution in [3.8, 4) is 0 Å². The van der Waals surface area contributed by atoms with Crippen molar-refractivity contribution in [3.63, 3.8) is 0 Å². The van der Waals surface area contributed by atoms with E-state index in [4.69, 9.17) is 0 Å². The molecule has 0 amide bonds. The Kier molecular flexibility index (Phi) is 3.16. The quantitative estimate of drug-likeness (QED) is 0.479. The van der Waals surface area contributed by atoms with Gasteiger partial charge in [-0.1, -0.05) is 15.9 Å². The predicted molar refractivity (Wildman–Crippen MR) is 51.2 cm³/mol. The lowest BCUT2D eigenvalue weighted by Crippen LogP contribution is -1.95. The minimum atomic E-state index is -0.518. The first kappa shape index (κ1) is 9.60. The van der Waals surface area contributed by atoms with Crippen molar-refractivity contribution in [2.75, 3.05) is 0 Å². The van der Waals surface area contributed by atoms with E-state index in [9.17, 15) is 10.1 Å². The minimum absolute atomic E-state index is 0.146. The smallest absolute Gasteiger partial charge is 0.358 e. The van der Waals surface area contributed by atoms with Gasteiger partial charge in [0.1, 0.15) is 10.7 Å². The Balaban J connectivity index is 3.23. The number of rotatable bonds is 2. The molecule has 0 aromatic carbocycles. The van der Waals surface area contributed by atoms with Crippen LogP contribution in [0.1, 0.15) is 5.56 Å². The van der Waals surface area contributed by atoms with Crippen LogP contribution in [0.5, 0.6) is 0 Å².